The highest BCUT2D eigenvalue weighted by Crippen LogP contribution is 2.22. The summed E-state index contributed by atoms with van der Waals surface area (Å²) in [6.45, 7) is 8.10. The van der Waals surface area contributed by atoms with Gasteiger partial charge in [-0.1, -0.05) is 18.6 Å². The molecule has 41 heavy (non-hydrogen) atoms. The Labute approximate surface area is 248 Å². The van der Waals surface area contributed by atoms with Crippen molar-refractivity contribution < 1.29 is 9.59 Å². The minimum absolute atomic E-state index is 0. The Morgan fingerprint density at radius 3 is 2.34 bits per heavy atom. The molecule has 1 saturated carbocycles. The van der Waals surface area contributed by atoms with E-state index in [4.69, 9.17) is 11.5 Å². The fourth-order valence-electron chi connectivity index (χ4n) is 5.48. The van der Waals surface area contributed by atoms with Gasteiger partial charge in [-0.2, -0.15) is 4.98 Å². The molecule has 6 N–H and O–H groups in total. The van der Waals surface area contributed by atoms with Crippen LogP contribution in [0.15, 0.2) is 41.3 Å². The lowest BCUT2D eigenvalue weighted by Crippen LogP contribution is -2.58. The predicted molar refractivity (Wildman–Crippen MR) is 164 cm³/mol. The summed E-state index contributed by atoms with van der Waals surface area (Å²) >= 11 is 0. The molecule has 1 aliphatic heterocycles. The van der Waals surface area contributed by atoms with Gasteiger partial charge in [-0.15, -0.1) is 12.4 Å². The van der Waals surface area contributed by atoms with E-state index in [1.807, 2.05) is 24.3 Å². The van der Waals surface area contributed by atoms with Crippen LogP contribution in [0.4, 0.5) is 10.6 Å². The zero-order chi connectivity index (χ0) is 28.9. The van der Waals surface area contributed by atoms with Gasteiger partial charge in [-0.25, -0.2) is 9.59 Å². The highest BCUT2D eigenvalue weighted by atomic mass is 35.5. The summed E-state index contributed by atoms with van der Waals surface area (Å²) in [6, 6.07) is 9.81. The number of nitrogens with zero attached hydrogens (tertiary/aromatic N) is 4. The first-order valence-corrected chi connectivity index (χ1v) is 14.3. The van der Waals surface area contributed by atoms with Gasteiger partial charge in [-0.05, 0) is 82.7 Å². The number of aromatic nitrogens is 2. The van der Waals surface area contributed by atoms with Gasteiger partial charge in [0.1, 0.15) is 5.82 Å². The molecule has 1 saturated heterocycles. The normalized spacial score (nSPS) is 20.2. The Kier molecular flexibility index (Phi) is 11.3. The first kappa shape index (κ1) is 32.5. The molecule has 1 aromatic carbocycles. The summed E-state index contributed by atoms with van der Waals surface area (Å²) in [6.07, 6.45) is 7.22. The Balaban J connectivity index is 0.00000462. The molecule has 3 amide bonds. The van der Waals surface area contributed by atoms with Gasteiger partial charge in [-0.3, -0.25) is 14.7 Å². The third-order valence-electron chi connectivity index (χ3n) is 7.78. The largest absolute Gasteiger partial charge is 0.354 e. The fourth-order valence-corrected chi connectivity index (χ4v) is 5.48. The minimum Gasteiger partial charge on any atom is -0.338 e. The molecule has 11 nitrogen and oxygen atoms in total. The van der Waals surface area contributed by atoms with E-state index < -0.39 is 11.2 Å². The Morgan fingerprint density at radius 1 is 1.07 bits per heavy atom. The number of carbonyl (C=O) groups excluding carboxylic acids is 2. The van der Waals surface area contributed by atoms with E-state index in [1.165, 1.54) is 23.0 Å². The average molecular weight is 589 g/mol. The van der Waals surface area contributed by atoms with Crippen molar-refractivity contribution in [2.75, 3.05) is 38.0 Å². The molecular weight excluding hydrogens is 544 g/mol. The van der Waals surface area contributed by atoms with Crippen LogP contribution in [0.3, 0.4) is 0 Å². The number of carbonyl (C=O) groups is 2. The number of rotatable bonds is 8. The maximum Gasteiger partial charge on any atom is 0.354 e. The Morgan fingerprint density at radius 2 is 1.73 bits per heavy atom. The molecule has 2 heterocycles. The summed E-state index contributed by atoms with van der Waals surface area (Å²) in [4.78, 5) is 45.1. The molecule has 3 atom stereocenters. The van der Waals surface area contributed by atoms with Gasteiger partial charge in [0.05, 0.1) is 11.2 Å². The number of halogens is 1. The lowest BCUT2D eigenvalue weighted by atomic mass is 9.86. The van der Waals surface area contributed by atoms with Crippen molar-refractivity contribution in [1.29, 1.82) is 0 Å². The number of nitrogens with two attached hydrogens (primary N) is 2. The van der Waals surface area contributed by atoms with E-state index in [9.17, 15) is 14.4 Å². The molecular formula is C29H45ClN8O3. The van der Waals surface area contributed by atoms with Crippen molar-refractivity contribution in [3.05, 3.63) is 52.6 Å². The van der Waals surface area contributed by atoms with Crippen molar-refractivity contribution in [3.63, 3.8) is 0 Å². The molecule has 4 rings (SSSR count). The van der Waals surface area contributed by atoms with E-state index in [1.54, 1.807) is 35.9 Å². The maximum absolute atomic E-state index is 12.7. The van der Waals surface area contributed by atoms with Crippen molar-refractivity contribution in [2.24, 2.45) is 17.4 Å². The van der Waals surface area contributed by atoms with Crippen molar-refractivity contribution in [1.82, 2.24) is 24.7 Å². The van der Waals surface area contributed by atoms with Crippen molar-refractivity contribution in [3.8, 4) is 5.69 Å². The number of urea groups is 1. The molecule has 226 valence electrons. The highest BCUT2D eigenvalue weighted by molar-refractivity contribution is 5.89. The zero-order valence-corrected chi connectivity index (χ0v) is 25.2. The molecule has 12 heteroatoms. The van der Waals surface area contributed by atoms with E-state index in [2.05, 4.69) is 22.5 Å². The molecule has 1 aromatic heterocycles. The van der Waals surface area contributed by atoms with Crippen LogP contribution < -0.4 is 27.8 Å². The van der Waals surface area contributed by atoms with Crippen LogP contribution in [-0.4, -0.2) is 81.6 Å². The van der Waals surface area contributed by atoms with Crippen LogP contribution in [0.2, 0.25) is 0 Å². The molecule has 2 fully saturated rings. The van der Waals surface area contributed by atoms with Gasteiger partial charge < -0.3 is 26.6 Å². The number of hydrogen-bond acceptors (Lipinski definition) is 7. The third-order valence-corrected chi connectivity index (χ3v) is 7.78. The number of benzene rings is 1. The summed E-state index contributed by atoms with van der Waals surface area (Å²) in [5, 5.41) is 6.35. The van der Waals surface area contributed by atoms with E-state index in [-0.39, 0.29) is 30.2 Å². The van der Waals surface area contributed by atoms with Crippen LogP contribution in [-0.2, 0) is 11.2 Å². The summed E-state index contributed by atoms with van der Waals surface area (Å²) < 4.78 is 1.45. The first-order valence-electron chi connectivity index (χ1n) is 14.3. The van der Waals surface area contributed by atoms with Crippen LogP contribution in [0, 0.1) is 5.92 Å². The lowest BCUT2D eigenvalue weighted by Gasteiger charge is -2.37. The smallest absolute Gasteiger partial charge is 0.338 e. The van der Waals surface area contributed by atoms with Crippen LogP contribution >= 0.6 is 12.4 Å². The van der Waals surface area contributed by atoms with Gasteiger partial charge in [0, 0.05) is 44.5 Å². The fraction of sp³-hybridized carbons (Fsp3) is 0.586. The van der Waals surface area contributed by atoms with Crippen molar-refractivity contribution in [2.45, 2.75) is 70.5 Å². The number of hydrogen-bond donors (Lipinski definition) is 4. The van der Waals surface area contributed by atoms with Gasteiger partial charge in [0.25, 0.3) is 0 Å². The summed E-state index contributed by atoms with van der Waals surface area (Å²) in [5.74, 6) is 0.700. The van der Waals surface area contributed by atoms with Crippen LogP contribution in [0.5, 0.6) is 0 Å². The summed E-state index contributed by atoms with van der Waals surface area (Å²) in [5.41, 5.74) is 12.5. The molecule has 0 spiro atoms. The van der Waals surface area contributed by atoms with E-state index in [0.717, 1.165) is 25.8 Å². The zero-order valence-electron chi connectivity index (χ0n) is 24.3. The molecule has 2 aromatic rings. The first-order chi connectivity index (χ1) is 19.0. The minimum atomic E-state index is -0.947. The quantitative estimate of drug-likeness (QED) is 0.368. The second-order valence-corrected chi connectivity index (χ2v) is 11.9. The molecule has 1 aliphatic carbocycles. The average Bonchev–Trinajstić information content (AvgIpc) is 2.92. The SMILES string of the molecule is CC(Cc1ccc(-n2ccc(NC(=O)N3CCN(C(=O)C(C)(C)N)CC3)nc2=O)cc1)NCC1CCCC(N)C1.Cl. The molecule has 0 radical (unpaired) electrons. The molecule has 2 aliphatic rings. The monoisotopic (exact) mass is 588 g/mol. The Bertz CT molecular complexity index is 1220. The summed E-state index contributed by atoms with van der Waals surface area (Å²) in [7, 11) is 0. The lowest BCUT2D eigenvalue weighted by molar-refractivity contribution is -0.137. The third kappa shape index (κ3) is 9.00. The Hall–Kier alpha value is -2.99. The van der Waals surface area contributed by atoms with Crippen LogP contribution in [0.25, 0.3) is 5.69 Å². The second-order valence-electron chi connectivity index (χ2n) is 11.9. The standard InChI is InChI=1S/C29H44N8O3.ClH/c1-20(32-19-22-5-4-6-23(30)18-22)17-21-7-9-24(10-8-21)37-12-11-25(34-28(37)40)33-27(39)36-15-13-35(14-16-36)26(38)29(2,3)31;/h7-12,20,22-23,32H,4-6,13-19,30-31H2,1-3H3,(H,33,34,39,40);1H. The number of piperazine rings is 1. The number of anilines is 1. The number of amides is 3. The van der Waals surface area contributed by atoms with Gasteiger partial charge in [0.2, 0.25) is 5.91 Å². The molecule has 3 unspecified atom stereocenters. The highest BCUT2D eigenvalue weighted by Gasteiger charge is 2.31. The van der Waals surface area contributed by atoms with Crippen LogP contribution in [0.1, 0.15) is 52.0 Å². The number of nitrogens with one attached hydrogen (secondary N) is 2. The van der Waals surface area contributed by atoms with E-state index >= 15 is 0 Å². The maximum atomic E-state index is 12.7. The van der Waals surface area contributed by atoms with Crippen molar-refractivity contribution >= 4 is 30.2 Å². The van der Waals surface area contributed by atoms with E-state index in [0.29, 0.717) is 49.9 Å². The van der Waals surface area contributed by atoms with Gasteiger partial charge in [0.15, 0.2) is 0 Å². The second kappa shape index (κ2) is 14.3. The molecule has 0 bridgehead atoms. The van der Waals surface area contributed by atoms with Gasteiger partial charge >= 0.3 is 11.7 Å². The predicted octanol–water partition coefficient (Wildman–Crippen LogP) is 2.11. The topological polar surface area (TPSA) is 152 Å².